The number of hydrogen-bond donors (Lipinski definition) is 1. The lowest BCUT2D eigenvalue weighted by Crippen LogP contribution is -2.33. The van der Waals surface area contributed by atoms with E-state index in [1.807, 2.05) is 38.1 Å². The zero-order valence-corrected chi connectivity index (χ0v) is 12.1. The normalized spacial score (nSPS) is 15.9. The number of rotatable bonds is 3. The summed E-state index contributed by atoms with van der Waals surface area (Å²) in [5.74, 6) is -0.252. The SMILES string of the molecule is Cc1ccc(/C=C(/C#N)C(=O)NC2CCCC2)cc1C. The summed E-state index contributed by atoms with van der Waals surface area (Å²) >= 11 is 0. The average Bonchev–Trinajstić information content (AvgIpc) is 2.92. The minimum absolute atomic E-state index is 0.181. The van der Waals surface area contributed by atoms with Gasteiger partial charge in [0.25, 0.3) is 5.91 Å². The van der Waals surface area contributed by atoms with Crippen molar-refractivity contribution in [3.63, 3.8) is 0 Å². The lowest BCUT2D eigenvalue weighted by atomic mass is 10.0. The molecular weight excluding hydrogens is 248 g/mol. The van der Waals surface area contributed by atoms with E-state index in [1.165, 1.54) is 5.56 Å². The summed E-state index contributed by atoms with van der Waals surface area (Å²) < 4.78 is 0. The van der Waals surface area contributed by atoms with Gasteiger partial charge in [-0.2, -0.15) is 5.26 Å². The van der Waals surface area contributed by atoms with Crippen LogP contribution < -0.4 is 5.32 Å². The fourth-order valence-corrected chi connectivity index (χ4v) is 2.50. The van der Waals surface area contributed by atoms with Gasteiger partial charge in [0.1, 0.15) is 11.6 Å². The van der Waals surface area contributed by atoms with Gasteiger partial charge in [0, 0.05) is 6.04 Å². The van der Waals surface area contributed by atoms with E-state index in [0.717, 1.165) is 36.8 Å². The van der Waals surface area contributed by atoms with E-state index < -0.39 is 0 Å². The van der Waals surface area contributed by atoms with Gasteiger partial charge in [0.2, 0.25) is 0 Å². The topological polar surface area (TPSA) is 52.9 Å². The summed E-state index contributed by atoms with van der Waals surface area (Å²) in [6, 6.07) is 8.18. The van der Waals surface area contributed by atoms with E-state index >= 15 is 0 Å². The highest BCUT2D eigenvalue weighted by molar-refractivity contribution is 6.01. The first-order chi connectivity index (χ1) is 9.60. The third-order valence-electron chi connectivity index (χ3n) is 3.90. The van der Waals surface area contributed by atoms with E-state index in [-0.39, 0.29) is 17.5 Å². The van der Waals surface area contributed by atoms with Gasteiger partial charge >= 0.3 is 0 Å². The van der Waals surface area contributed by atoms with Crippen LogP contribution in [0.1, 0.15) is 42.4 Å². The van der Waals surface area contributed by atoms with Crippen LogP contribution in [0.3, 0.4) is 0 Å². The summed E-state index contributed by atoms with van der Waals surface area (Å²) in [4.78, 5) is 12.1. The number of carbonyl (C=O) groups excluding carboxylic acids is 1. The highest BCUT2D eigenvalue weighted by Crippen LogP contribution is 2.18. The van der Waals surface area contributed by atoms with Crippen LogP contribution in [0.25, 0.3) is 6.08 Å². The molecule has 3 heteroatoms. The van der Waals surface area contributed by atoms with Gasteiger partial charge in [-0.15, -0.1) is 0 Å². The van der Waals surface area contributed by atoms with Crippen LogP contribution in [0, 0.1) is 25.2 Å². The van der Waals surface area contributed by atoms with Crippen LogP contribution in [0.2, 0.25) is 0 Å². The summed E-state index contributed by atoms with van der Waals surface area (Å²) in [7, 11) is 0. The maximum absolute atomic E-state index is 12.1. The standard InChI is InChI=1S/C17H20N2O/c1-12-7-8-14(9-13(12)2)10-15(11-18)17(20)19-16-5-3-4-6-16/h7-10,16H,3-6H2,1-2H3,(H,19,20)/b15-10-. The molecule has 1 aliphatic carbocycles. The number of aryl methyl sites for hydroxylation is 2. The molecule has 0 atom stereocenters. The molecular formula is C17H20N2O. The number of nitriles is 1. The van der Waals surface area contributed by atoms with Crippen molar-refractivity contribution >= 4 is 12.0 Å². The molecule has 20 heavy (non-hydrogen) atoms. The van der Waals surface area contributed by atoms with Crippen LogP contribution in [0.15, 0.2) is 23.8 Å². The van der Waals surface area contributed by atoms with Gasteiger partial charge in [-0.1, -0.05) is 31.0 Å². The number of benzene rings is 1. The lowest BCUT2D eigenvalue weighted by molar-refractivity contribution is -0.117. The minimum atomic E-state index is -0.252. The fraction of sp³-hybridized carbons (Fsp3) is 0.412. The van der Waals surface area contributed by atoms with Crippen LogP contribution in [-0.2, 0) is 4.79 Å². The zero-order valence-electron chi connectivity index (χ0n) is 12.1. The molecule has 1 N–H and O–H groups in total. The Kier molecular flexibility index (Phi) is 4.57. The Morgan fingerprint density at radius 1 is 1.30 bits per heavy atom. The van der Waals surface area contributed by atoms with Crippen molar-refractivity contribution in [2.24, 2.45) is 0 Å². The van der Waals surface area contributed by atoms with E-state index in [2.05, 4.69) is 5.32 Å². The first-order valence-electron chi connectivity index (χ1n) is 7.10. The second-order valence-electron chi connectivity index (χ2n) is 5.47. The Bertz CT molecular complexity index is 575. The van der Waals surface area contributed by atoms with Crippen molar-refractivity contribution in [1.82, 2.24) is 5.32 Å². The maximum atomic E-state index is 12.1. The fourth-order valence-electron chi connectivity index (χ4n) is 2.50. The highest BCUT2D eigenvalue weighted by atomic mass is 16.1. The van der Waals surface area contributed by atoms with E-state index in [9.17, 15) is 10.1 Å². The Morgan fingerprint density at radius 2 is 2.00 bits per heavy atom. The van der Waals surface area contributed by atoms with Crippen molar-refractivity contribution < 1.29 is 4.79 Å². The van der Waals surface area contributed by atoms with Crippen molar-refractivity contribution in [2.45, 2.75) is 45.6 Å². The predicted molar refractivity (Wildman–Crippen MR) is 79.9 cm³/mol. The Labute approximate surface area is 120 Å². The van der Waals surface area contributed by atoms with Crippen LogP contribution in [0.5, 0.6) is 0 Å². The average molecular weight is 268 g/mol. The molecule has 1 aliphatic rings. The Morgan fingerprint density at radius 3 is 2.60 bits per heavy atom. The smallest absolute Gasteiger partial charge is 0.262 e. The molecule has 0 heterocycles. The molecule has 1 aromatic rings. The summed E-state index contributed by atoms with van der Waals surface area (Å²) in [6.45, 7) is 4.07. The van der Waals surface area contributed by atoms with Crippen molar-refractivity contribution in [3.8, 4) is 6.07 Å². The quantitative estimate of drug-likeness (QED) is 0.675. The van der Waals surface area contributed by atoms with E-state index in [1.54, 1.807) is 6.08 Å². The molecule has 1 amide bonds. The van der Waals surface area contributed by atoms with E-state index in [4.69, 9.17) is 0 Å². The number of amides is 1. The zero-order chi connectivity index (χ0) is 14.5. The van der Waals surface area contributed by atoms with Gasteiger partial charge in [0.15, 0.2) is 0 Å². The maximum Gasteiger partial charge on any atom is 0.262 e. The molecule has 0 radical (unpaired) electrons. The first-order valence-corrected chi connectivity index (χ1v) is 7.10. The van der Waals surface area contributed by atoms with Crippen molar-refractivity contribution in [1.29, 1.82) is 5.26 Å². The Hall–Kier alpha value is -2.08. The molecule has 1 aromatic carbocycles. The molecule has 0 spiro atoms. The minimum Gasteiger partial charge on any atom is -0.349 e. The molecule has 2 rings (SSSR count). The third-order valence-corrected chi connectivity index (χ3v) is 3.90. The molecule has 0 bridgehead atoms. The molecule has 0 unspecified atom stereocenters. The van der Waals surface area contributed by atoms with Crippen LogP contribution in [0.4, 0.5) is 0 Å². The molecule has 0 aromatic heterocycles. The predicted octanol–water partition coefficient (Wildman–Crippen LogP) is 3.27. The van der Waals surface area contributed by atoms with Crippen molar-refractivity contribution in [2.75, 3.05) is 0 Å². The first kappa shape index (κ1) is 14.3. The molecule has 0 aliphatic heterocycles. The number of carbonyl (C=O) groups is 1. The number of hydrogen-bond acceptors (Lipinski definition) is 2. The highest BCUT2D eigenvalue weighted by Gasteiger charge is 2.19. The van der Waals surface area contributed by atoms with Gasteiger partial charge in [0.05, 0.1) is 0 Å². The van der Waals surface area contributed by atoms with Crippen LogP contribution >= 0.6 is 0 Å². The number of nitrogens with one attached hydrogen (secondary N) is 1. The van der Waals surface area contributed by atoms with E-state index in [0.29, 0.717) is 0 Å². The monoisotopic (exact) mass is 268 g/mol. The largest absolute Gasteiger partial charge is 0.349 e. The molecule has 1 fully saturated rings. The summed E-state index contributed by atoms with van der Waals surface area (Å²) in [5.41, 5.74) is 3.44. The van der Waals surface area contributed by atoms with Gasteiger partial charge in [-0.05, 0) is 49.5 Å². The third kappa shape index (κ3) is 3.48. The molecule has 0 saturated heterocycles. The molecule has 104 valence electrons. The Balaban J connectivity index is 2.13. The van der Waals surface area contributed by atoms with Gasteiger partial charge in [-0.3, -0.25) is 4.79 Å². The number of nitrogens with zero attached hydrogens (tertiary/aromatic N) is 1. The van der Waals surface area contributed by atoms with Crippen LogP contribution in [-0.4, -0.2) is 11.9 Å². The lowest BCUT2D eigenvalue weighted by Gasteiger charge is -2.11. The molecule has 1 saturated carbocycles. The van der Waals surface area contributed by atoms with Gasteiger partial charge in [-0.25, -0.2) is 0 Å². The summed E-state index contributed by atoms with van der Waals surface area (Å²) in [5, 5.41) is 12.1. The molecule has 3 nitrogen and oxygen atoms in total. The van der Waals surface area contributed by atoms with Gasteiger partial charge < -0.3 is 5.32 Å². The second kappa shape index (κ2) is 6.38. The second-order valence-corrected chi connectivity index (χ2v) is 5.47. The van der Waals surface area contributed by atoms with Crippen molar-refractivity contribution in [3.05, 3.63) is 40.5 Å². The summed E-state index contributed by atoms with van der Waals surface area (Å²) in [6.07, 6.45) is 6.03.